The monoisotopic (exact) mass is 538 g/mol. The van der Waals surface area contributed by atoms with Crippen LogP contribution >= 0.6 is 34.7 Å². The van der Waals surface area contributed by atoms with E-state index in [9.17, 15) is 18.0 Å². The van der Waals surface area contributed by atoms with E-state index in [4.69, 9.17) is 31.6 Å². The van der Waals surface area contributed by atoms with Gasteiger partial charge in [0, 0.05) is 37.3 Å². The molecule has 16 heteroatoms. The second-order valence-corrected chi connectivity index (χ2v) is 9.22. The number of alkyl halides is 3. The number of aromatic amines is 1. The molecule has 4 heterocycles. The highest BCUT2D eigenvalue weighted by Gasteiger charge is 2.38. The summed E-state index contributed by atoms with van der Waals surface area (Å²) in [5.74, 6) is -2.99. The number of fused-ring (bicyclic) bond motifs is 1. The highest BCUT2D eigenvalue weighted by Crippen LogP contribution is 2.37. The van der Waals surface area contributed by atoms with E-state index in [1.54, 1.807) is 0 Å². The van der Waals surface area contributed by atoms with Crippen molar-refractivity contribution in [3.05, 3.63) is 21.8 Å². The quantitative estimate of drug-likeness (QED) is 0.356. The van der Waals surface area contributed by atoms with Crippen LogP contribution in [0.1, 0.15) is 23.1 Å². The maximum Gasteiger partial charge on any atom is 0.490 e. The third-order valence-corrected chi connectivity index (χ3v) is 6.74. The van der Waals surface area contributed by atoms with E-state index in [-0.39, 0.29) is 5.69 Å². The zero-order valence-corrected chi connectivity index (χ0v) is 19.8. The number of carbonyl (C=O) groups is 2. The Balaban J connectivity index is 0.000000406. The van der Waals surface area contributed by atoms with Crippen molar-refractivity contribution in [1.82, 2.24) is 25.3 Å². The van der Waals surface area contributed by atoms with Crippen molar-refractivity contribution in [2.24, 2.45) is 0 Å². The van der Waals surface area contributed by atoms with Crippen molar-refractivity contribution in [3.63, 3.8) is 0 Å². The Kier molecular flexibility index (Phi) is 8.22. The molecule has 1 fully saturated rings. The summed E-state index contributed by atoms with van der Waals surface area (Å²) in [4.78, 5) is 38.9. The molecular weight excluding hydrogens is 521 g/mol. The molecule has 0 aliphatic carbocycles. The summed E-state index contributed by atoms with van der Waals surface area (Å²) in [7, 11) is 0. The number of rotatable bonds is 5. The maximum atomic E-state index is 11.0. The molecule has 10 nitrogen and oxygen atoms in total. The van der Waals surface area contributed by atoms with Crippen molar-refractivity contribution in [1.29, 1.82) is 0 Å². The van der Waals surface area contributed by atoms with Crippen molar-refractivity contribution >= 4 is 63.5 Å². The van der Waals surface area contributed by atoms with Crippen molar-refractivity contribution < 1.29 is 33.0 Å². The number of nitrogens with one attached hydrogen (secondary N) is 2. The Morgan fingerprint density at radius 2 is 1.88 bits per heavy atom. The number of hydrogen-bond donors (Lipinski definition) is 4. The third kappa shape index (κ3) is 6.08. The standard InChI is InChI=1S/C16H17ClN6O2S2.C2HF3O2/c1-2-8-11(17)10-12(19-8)21-15(22-13(10)23-5-3-18-4-6-23)27-16-20-9(7-26-16)14(24)25;3-2(4,5)1(6)7/h7,18H,2-6H2,1H3,(H,24,25)(H,19,21,22);(H,6,7). The van der Waals surface area contributed by atoms with E-state index < -0.39 is 18.1 Å². The van der Waals surface area contributed by atoms with Gasteiger partial charge in [0.15, 0.2) is 15.2 Å². The minimum Gasteiger partial charge on any atom is -0.476 e. The zero-order chi connectivity index (χ0) is 25.0. The maximum absolute atomic E-state index is 11.0. The van der Waals surface area contributed by atoms with Crippen LogP contribution in [0.5, 0.6) is 0 Å². The molecule has 0 spiro atoms. The average molecular weight is 539 g/mol. The smallest absolute Gasteiger partial charge is 0.476 e. The van der Waals surface area contributed by atoms with Gasteiger partial charge in [-0.1, -0.05) is 18.5 Å². The van der Waals surface area contributed by atoms with Gasteiger partial charge in [-0.2, -0.15) is 13.2 Å². The summed E-state index contributed by atoms with van der Waals surface area (Å²) >= 11 is 9.12. The minimum atomic E-state index is -5.08. The van der Waals surface area contributed by atoms with Gasteiger partial charge < -0.3 is 25.4 Å². The molecule has 0 aromatic carbocycles. The molecule has 34 heavy (non-hydrogen) atoms. The van der Waals surface area contributed by atoms with Crippen LogP contribution in [0.2, 0.25) is 5.02 Å². The predicted molar refractivity (Wildman–Crippen MR) is 120 cm³/mol. The second-order valence-electron chi connectivity index (χ2n) is 6.77. The van der Waals surface area contributed by atoms with Gasteiger partial charge >= 0.3 is 18.1 Å². The summed E-state index contributed by atoms with van der Waals surface area (Å²) in [5.41, 5.74) is 1.65. The molecule has 0 atom stereocenters. The molecule has 0 bridgehead atoms. The molecule has 1 aliphatic rings. The van der Waals surface area contributed by atoms with Crippen LogP contribution in [0.3, 0.4) is 0 Å². The molecule has 184 valence electrons. The zero-order valence-electron chi connectivity index (χ0n) is 17.4. The van der Waals surface area contributed by atoms with E-state index in [2.05, 4.69) is 25.2 Å². The molecule has 4 N–H and O–H groups in total. The first kappa shape index (κ1) is 26.0. The highest BCUT2D eigenvalue weighted by molar-refractivity contribution is 8.00. The topological polar surface area (TPSA) is 144 Å². The summed E-state index contributed by atoms with van der Waals surface area (Å²) in [6.07, 6.45) is -4.31. The molecular formula is C18H18ClF3N6O4S2. The van der Waals surface area contributed by atoms with Crippen LogP contribution < -0.4 is 10.2 Å². The van der Waals surface area contributed by atoms with Crippen molar-refractivity contribution in [2.45, 2.75) is 29.0 Å². The van der Waals surface area contributed by atoms with Crippen LogP contribution in [-0.4, -0.2) is 74.4 Å². The number of anilines is 1. The summed E-state index contributed by atoms with van der Waals surface area (Å²) in [6.45, 7) is 5.46. The lowest BCUT2D eigenvalue weighted by Crippen LogP contribution is -2.44. The number of carboxylic acid groups (broad SMARTS) is 2. The van der Waals surface area contributed by atoms with Gasteiger partial charge in [0.05, 0.1) is 10.4 Å². The lowest BCUT2D eigenvalue weighted by Gasteiger charge is -2.29. The molecule has 0 radical (unpaired) electrons. The third-order valence-electron chi connectivity index (χ3n) is 4.52. The Labute approximate surface area is 203 Å². The van der Waals surface area contributed by atoms with E-state index in [0.29, 0.717) is 20.2 Å². The van der Waals surface area contributed by atoms with E-state index in [0.717, 1.165) is 49.5 Å². The number of halogens is 4. The number of aromatic nitrogens is 4. The number of nitrogens with zero attached hydrogens (tertiary/aromatic N) is 4. The number of aryl methyl sites for hydroxylation is 1. The van der Waals surface area contributed by atoms with Gasteiger partial charge in [0.2, 0.25) is 0 Å². The fourth-order valence-electron chi connectivity index (χ4n) is 2.95. The largest absolute Gasteiger partial charge is 0.490 e. The molecule has 0 unspecified atom stereocenters. The lowest BCUT2D eigenvalue weighted by atomic mass is 10.2. The van der Waals surface area contributed by atoms with Crippen LogP contribution in [0.15, 0.2) is 14.9 Å². The second kappa shape index (κ2) is 10.8. The Morgan fingerprint density at radius 3 is 2.41 bits per heavy atom. The first-order valence-corrected chi connectivity index (χ1v) is 11.8. The van der Waals surface area contributed by atoms with Gasteiger partial charge in [-0.15, -0.1) is 11.3 Å². The number of piperazine rings is 1. The molecule has 4 rings (SSSR count). The lowest BCUT2D eigenvalue weighted by molar-refractivity contribution is -0.192. The van der Waals surface area contributed by atoms with E-state index >= 15 is 0 Å². The van der Waals surface area contributed by atoms with E-state index in [1.807, 2.05) is 6.92 Å². The fourth-order valence-corrected chi connectivity index (χ4v) is 4.95. The summed E-state index contributed by atoms with van der Waals surface area (Å²) in [6, 6.07) is 0. The number of carboxylic acids is 2. The normalized spacial score (nSPS) is 14.1. The Morgan fingerprint density at radius 1 is 1.24 bits per heavy atom. The minimum absolute atomic E-state index is 0.0297. The van der Waals surface area contributed by atoms with Gasteiger partial charge in [0.25, 0.3) is 0 Å². The Hall–Kier alpha value is -2.62. The first-order valence-electron chi connectivity index (χ1n) is 9.71. The van der Waals surface area contributed by atoms with Gasteiger partial charge in [-0.25, -0.2) is 24.5 Å². The Bertz CT molecular complexity index is 1200. The fraction of sp³-hybridized carbons (Fsp3) is 0.389. The highest BCUT2D eigenvalue weighted by atomic mass is 35.5. The molecule has 3 aromatic rings. The van der Waals surface area contributed by atoms with Crippen LogP contribution in [0, 0.1) is 0 Å². The number of H-pyrrole nitrogens is 1. The predicted octanol–water partition coefficient (Wildman–Crippen LogP) is 3.52. The molecule has 0 saturated carbocycles. The van der Waals surface area contributed by atoms with Crippen molar-refractivity contribution in [2.75, 3.05) is 31.1 Å². The molecule has 3 aromatic heterocycles. The molecule has 1 saturated heterocycles. The number of aromatic carboxylic acids is 1. The summed E-state index contributed by atoms with van der Waals surface area (Å²) < 4.78 is 32.3. The SMILES string of the molecule is CCc1[nH]c2nc(Sc3nc(C(=O)O)cs3)nc(N3CCNCC3)c2c1Cl.O=C(O)C(F)(F)F. The molecule has 0 amide bonds. The van der Waals surface area contributed by atoms with Gasteiger partial charge in [-0.3, -0.25) is 0 Å². The van der Waals surface area contributed by atoms with E-state index in [1.165, 1.54) is 28.5 Å². The number of aliphatic carboxylic acids is 1. The number of thiazole rings is 1. The number of hydrogen-bond acceptors (Lipinski definition) is 9. The van der Waals surface area contributed by atoms with Crippen LogP contribution in [-0.2, 0) is 11.2 Å². The van der Waals surface area contributed by atoms with Gasteiger partial charge in [0.1, 0.15) is 11.5 Å². The van der Waals surface area contributed by atoms with Crippen molar-refractivity contribution in [3.8, 4) is 0 Å². The van der Waals surface area contributed by atoms with Crippen LogP contribution in [0.25, 0.3) is 11.0 Å². The summed E-state index contributed by atoms with van der Waals surface area (Å²) in [5, 5.41) is 23.0. The molecule has 1 aliphatic heterocycles. The van der Waals surface area contributed by atoms with Crippen LogP contribution in [0.4, 0.5) is 19.0 Å². The average Bonchev–Trinajstić information content (AvgIpc) is 3.38. The van der Waals surface area contributed by atoms with Gasteiger partial charge in [-0.05, 0) is 18.2 Å². The first-order chi connectivity index (χ1) is 16.0.